The lowest BCUT2D eigenvalue weighted by Crippen LogP contribution is -2.38. The summed E-state index contributed by atoms with van der Waals surface area (Å²) in [6.07, 6.45) is 0.536. The molecule has 0 saturated heterocycles. The van der Waals surface area contributed by atoms with Gasteiger partial charge >= 0.3 is 0 Å². The maximum absolute atomic E-state index is 12.5. The van der Waals surface area contributed by atoms with Crippen molar-refractivity contribution in [3.05, 3.63) is 22.8 Å². The Morgan fingerprint density at radius 2 is 2.20 bits per heavy atom. The van der Waals surface area contributed by atoms with Crippen molar-refractivity contribution < 1.29 is 9.90 Å². The van der Waals surface area contributed by atoms with E-state index in [1.54, 1.807) is 17.0 Å². The molecule has 0 unspecified atom stereocenters. The average Bonchev–Trinajstić information content (AvgIpc) is 2.41. The summed E-state index contributed by atoms with van der Waals surface area (Å²) in [6, 6.07) is 3.44. The second-order valence-electron chi connectivity index (χ2n) is 4.73. The van der Waals surface area contributed by atoms with E-state index in [-0.39, 0.29) is 24.2 Å². The molecule has 0 spiro atoms. The van der Waals surface area contributed by atoms with Crippen LogP contribution in [0.1, 0.15) is 37.7 Å². The molecule has 1 amide bonds. The molecule has 5 nitrogen and oxygen atoms in total. The standard InChI is InChI=1S/C14H22ClN3O2/c1-4-16-12-7-6-11(15)13(17-12)14(20)18(10(2)3)8-5-9-19/h6-7,10,19H,4-5,8-9H2,1-3H3,(H,16,17). The largest absolute Gasteiger partial charge is 0.396 e. The third-order valence-electron chi connectivity index (χ3n) is 2.85. The highest BCUT2D eigenvalue weighted by Crippen LogP contribution is 2.19. The maximum atomic E-state index is 12.5. The number of carbonyl (C=O) groups excluding carboxylic acids is 1. The van der Waals surface area contributed by atoms with Crippen molar-refractivity contribution >= 4 is 23.3 Å². The quantitative estimate of drug-likeness (QED) is 0.811. The van der Waals surface area contributed by atoms with Crippen molar-refractivity contribution in [2.45, 2.75) is 33.2 Å². The molecule has 0 atom stereocenters. The number of hydrogen-bond acceptors (Lipinski definition) is 4. The number of nitrogens with one attached hydrogen (secondary N) is 1. The van der Waals surface area contributed by atoms with E-state index in [0.29, 0.717) is 23.8 Å². The number of rotatable bonds is 7. The fourth-order valence-electron chi connectivity index (χ4n) is 1.84. The highest BCUT2D eigenvalue weighted by atomic mass is 35.5. The first kappa shape index (κ1) is 16.7. The number of carbonyl (C=O) groups is 1. The van der Waals surface area contributed by atoms with Crippen molar-refractivity contribution in [2.75, 3.05) is 25.0 Å². The van der Waals surface area contributed by atoms with Gasteiger partial charge in [-0.25, -0.2) is 4.98 Å². The second-order valence-corrected chi connectivity index (χ2v) is 5.13. The summed E-state index contributed by atoms with van der Waals surface area (Å²) in [6.45, 7) is 7.07. The van der Waals surface area contributed by atoms with E-state index in [0.717, 1.165) is 6.54 Å². The molecule has 0 radical (unpaired) electrons. The van der Waals surface area contributed by atoms with Crippen LogP contribution in [0.4, 0.5) is 5.82 Å². The van der Waals surface area contributed by atoms with Crippen LogP contribution >= 0.6 is 11.6 Å². The number of aliphatic hydroxyl groups excluding tert-OH is 1. The van der Waals surface area contributed by atoms with Crippen LogP contribution in [0.2, 0.25) is 5.02 Å². The van der Waals surface area contributed by atoms with E-state index in [1.165, 1.54) is 0 Å². The van der Waals surface area contributed by atoms with Gasteiger partial charge in [-0.2, -0.15) is 0 Å². The van der Waals surface area contributed by atoms with E-state index in [2.05, 4.69) is 10.3 Å². The summed E-state index contributed by atoms with van der Waals surface area (Å²) >= 11 is 6.09. The van der Waals surface area contributed by atoms with Crippen LogP contribution < -0.4 is 5.32 Å². The predicted octanol–water partition coefficient (Wildman–Crippen LogP) is 2.40. The lowest BCUT2D eigenvalue weighted by atomic mass is 10.2. The Morgan fingerprint density at radius 1 is 1.50 bits per heavy atom. The Kier molecular flexibility index (Phi) is 6.75. The number of aromatic nitrogens is 1. The normalized spacial score (nSPS) is 10.7. The first-order valence-corrected chi connectivity index (χ1v) is 7.21. The fourth-order valence-corrected chi connectivity index (χ4v) is 2.03. The van der Waals surface area contributed by atoms with E-state index < -0.39 is 0 Å². The van der Waals surface area contributed by atoms with Gasteiger partial charge in [0.15, 0.2) is 0 Å². The zero-order valence-electron chi connectivity index (χ0n) is 12.2. The van der Waals surface area contributed by atoms with Crippen molar-refractivity contribution in [3.63, 3.8) is 0 Å². The molecule has 0 aliphatic carbocycles. The van der Waals surface area contributed by atoms with Gasteiger partial charge in [0.1, 0.15) is 11.5 Å². The van der Waals surface area contributed by atoms with Gasteiger partial charge < -0.3 is 15.3 Å². The molecular weight excluding hydrogens is 278 g/mol. The molecule has 1 aromatic heterocycles. The number of pyridine rings is 1. The van der Waals surface area contributed by atoms with E-state index in [4.69, 9.17) is 16.7 Å². The molecule has 0 bridgehead atoms. The lowest BCUT2D eigenvalue weighted by Gasteiger charge is -2.26. The van der Waals surface area contributed by atoms with Crippen molar-refractivity contribution in [3.8, 4) is 0 Å². The molecule has 0 aliphatic rings. The zero-order valence-corrected chi connectivity index (χ0v) is 12.9. The third-order valence-corrected chi connectivity index (χ3v) is 3.15. The maximum Gasteiger partial charge on any atom is 0.274 e. The fraction of sp³-hybridized carbons (Fsp3) is 0.571. The van der Waals surface area contributed by atoms with E-state index >= 15 is 0 Å². The van der Waals surface area contributed by atoms with Gasteiger partial charge in [0.2, 0.25) is 0 Å². The van der Waals surface area contributed by atoms with Gasteiger partial charge in [0.05, 0.1) is 5.02 Å². The van der Waals surface area contributed by atoms with Crippen LogP contribution in [-0.2, 0) is 0 Å². The second kappa shape index (κ2) is 8.07. The number of anilines is 1. The molecular formula is C14H22ClN3O2. The zero-order chi connectivity index (χ0) is 15.1. The average molecular weight is 300 g/mol. The summed E-state index contributed by atoms with van der Waals surface area (Å²) in [5, 5.41) is 12.3. The topological polar surface area (TPSA) is 65.5 Å². The number of nitrogens with zero attached hydrogens (tertiary/aromatic N) is 2. The van der Waals surface area contributed by atoms with Crippen LogP contribution in [0.5, 0.6) is 0 Å². The molecule has 1 aromatic rings. The Balaban J connectivity index is 3.00. The molecule has 20 heavy (non-hydrogen) atoms. The smallest absolute Gasteiger partial charge is 0.274 e. The van der Waals surface area contributed by atoms with Crippen LogP contribution in [0.25, 0.3) is 0 Å². The number of hydrogen-bond donors (Lipinski definition) is 2. The molecule has 6 heteroatoms. The van der Waals surface area contributed by atoms with Crippen LogP contribution in [0, 0.1) is 0 Å². The molecule has 0 aromatic carbocycles. The molecule has 0 aliphatic heterocycles. The molecule has 112 valence electrons. The highest BCUT2D eigenvalue weighted by Gasteiger charge is 2.22. The van der Waals surface area contributed by atoms with Crippen LogP contribution in [0.3, 0.4) is 0 Å². The number of aliphatic hydroxyl groups is 1. The van der Waals surface area contributed by atoms with E-state index in [1.807, 2.05) is 20.8 Å². The monoisotopic (exact) mass is 299 g/mol. The Hall–Kier alpha value is -1.33. The summed E-state index contributed by atoms with van der Waals surface area (Å²) in [5.74, 6) is 0.421. The predicted molar refractivity (Wildman–Crippen MR) is 81.3 cm³/mol. The molecule has 2 N–H and O–H groups in total. The van der Waals surface area contributed by atoms with Gasteiger partial charge in [-0.15, -0.1) is 0 Å². The molecule has 1 heterocycles. The highest BCUT2D eigenvalue weighted by molar-refractivity contribution is 6.33. The Bertz CT molecular complexity index is 452. The van der Waals surface area contributed by atoms with Gasteiger partial charge in [-0.05, 0) is 39.3 Å². The van der Waals surface area contributed by atoms with Crippen molar-refractivity contribution in [2.24, 2.45) is 0 Å². The molecule has 0 saturated carbocycles. The van der Waals surface area contributed by atoms with Gasteiger partial charge in [0, 0.05) is 25.7 Å². The summed E-state index contributed by atoms with van der Waals surface area (Å²) < 4.78 is 0. The summed E-state index contributed by atoms with van der Waals surface area (Å²) in [7, 11) is 0. The number of halogens is 1. The van der Waals surface area contributed by atoms with Gasteiger partial charge in [-0.3, -0.25) is 4.79 Å². The molecule has 0 fully saturated rings. The van der Waals surface area contributed by atoms with Crippen molar-refractivity contribution in [1.29, 1.82) is 0 Å². The minimum absolute atomic E-state index is 0.0229. The third kappa shape index (κ3) is 4.35. The summed E-state index contributed by atoms with van der Waals surface area (Å²) in [5.41, 5.74) is 0.247. The van der Waals surface area contributed by atoms with E-state index in [9.17, 15) is 4.79 Å². The van der Waals surface area contributed by atoms with Crippen LogP contribution in [-0.4, -0.2) is 46.6 Å². The number of amides is 1. The summed E-state index contributed by atoms with van der Waals surface area (Å²) in [4.78, 5) is 18.5. The van der Waals surface area contributed by atoms with Crippen LogP contribution in [0.15, 0.2) is 12.1 Å². The lowest BCUT2D eigenvalue weighted by molar-refractivity contribution is 0.0687. The SMILES string of the molecule is CCNc1ccc(Cl)c(C(=O)N(CCCO)C(C)C)n1. The minimum Gasteiger partial charge on any atom is -0.396 e. The van der Waals surface area contributed by atoms with Crippen molar-refractivity contribution in [1.82, 2.24) is 9.88 Å². The Labute approximate surface area is 125 Å². The first-order valence-electron chi connectivity index (χ1n) is 6.83. The van der Waals surface area contributed by atoms with Gasteiger partial charge in [0.25, 0.3) is 5.91 Å². The Morgan fingerprint density at radius 3 is 2.75 bits per heavy atom. The van der Waals surface area contributed by atoms with Gasteiger partial charge in [-0.1, -0.05) is 11.6 Å². The minimum atomic E-state index is -0.210. The molecule has 1 rings (SSSR count). The first-order chi connectivity index (χ1) is 9.51.